The van der Waals surface area contributed by atoms with E-state index in [0.717, 1.165) is 6.54 Å². The molecule has 2 aliphatic heterocycles. The molecule has 2 heterocycles. The molecule has 0 radical (unpaired) electrons. The molecular weight excluding hydrogens is 92.1 g/mol. The Morgan fingerprint density at radius 3 is 2.57 bits per heavy atom. The molecule has 2 atom stereocenters. The summed E-state index contributed by atoms with van der Waals surface area (Å²) >= 11 is 0. The minimum absolute atomic E-state index is 0.163. The van der Waals surface area contributed by atoms with Crippen LogP contribution in [-0.2, 0) is 4.79 Å². The zero-order valence-electron chi connectivity index (χ0n) is 3.77. The van der Waals surface area contributed by atoms with Gasteiger partial charge in [0.1, 0.15) is 6.04 Å². The first kappa shape index (κ1) is 3.43. The first-order chi connectivity index (χ1) is 3.38. The smallest absolute Gasteiger partial charge is 0.239 e. The molecule has 3 nitrogen and oxygen atoms in total. The number of carbonyl (C=O) groups is 1. The van der Waals surface area contributed by atoms with Crippen LogP contribution < -0.4 is 10.6 Å². The van der Waals surface area contributed by atoms with E-state index in [2.05, 4.69) is 10.6 Å². The van der Waals surface area contributed by atoms with Crippen molar-refractivity contribution < 1.29 is 4.79 Å². The lowest BCUT2D eigenvalue weighted by Gasteiger charge is -2.46. The highest BCUT2D eigenvalue weighted by Crippen LogP contribution is 2.12. The predicted octanol–water partition coefficient (Wildman–Crippen LogP) is -1.54. The van der Waals surface area contributed by atoms with Crippen LogP contribution in [0, 0.1) is 0 Å². The van der Waals surface area contributed by atoms with Gasteiger partial charge in [-0.1, -0.05) is 0 Å². The van der Waals surface area contributed by atoms with Crippen molar-refractivity contribution in [2.45, 2.75) is 12.1 Å². The van der Waals surface area contributed by atoms with Crippen molar-refractivity contribution in [2.75, 3.05) is 6.54 Å². The maximum Gasteiger partial charge on any atom is 0.239 e. The van der Waals surface area contributed by atoms with Gasteiger partial charge in [-0.15, -0.1) is 0 Å². The Balaban J connectivity index is 2.11. The Morgan fingerprint density at radius 1 is 1.71 bits per heavy atom. The van der Waals surface area contributed by atoms with E-state index in [1.807, 2.05) is 0 Å². The number of hydrogen-bond acceptors (Lipinski definition) is 2. The molecule has 0 aromatic carbocycles. The monoisotopic (exact) mass is 98.0 g/mol. The molecule has 1 amide bonds. The number of piperazine rings is 1. The molecule has 0 bridgehead atoms. The summed E-state index contributed by atoms with van der Waals surface area (Å²) in [5.74, 6) is 0.163. The van der Waals surface area contributed by atoms with Gasteiger partial charge in [0.05, 0.1) is 6.04 Å². The number of β-lactam (4-membered cyclic amide) rings is 1. The molecule has 2 N–H and O–H groups in total. The van der Waals surface area contributed by atoms with Gasteiger partial charge in [0, 0.05) is 6.54 Å². The third-order valence-corrected chi connectivity index (χ3v) is 1.57. The van der Waals surface area contributed by atoms with Gasteiger partial charge < -0.3 is 10.6 Å². The van der Waals surface area contributed by atoms with Crippen LogP contribution in [-0.4, -0.2) is 24.5 Å². The van der Waals surface area contributed by atoms with Crippen LogP contribution in [0.5, 0.6) is 0 Å². The van der Waals surface area contributed by atoms with Crippen molar-refractivity contribution in [2.24, 2.45) is 0 Å². The molecule has 7 heavy (non-hydrogen) atoms. The van der Waals surface area contributed by atoms with E-state index < -0.39 is 0 Å². The zero-order valence-corrected chi connectivity index (χ0v) is 3.77. The fraction of sp³-hybridized carbons (Fsp3) is 0.750. The van der Waals surface area contributed by atoms with Crippen LogP contribution in [0.4, 0.5) is 0 Å². The van der Waals surface area contributed by atoms with Crippen molar-refractivity contribution >= 4 is 5.91 Å². The van der Waals surface area contributed by atoms with E-state index in [-0.39, 0.29) is 11.9 Å². The van der Waals surface area contributed by atoms with Crippen LogP contribution in [0.2, 0.25) is 0 Å². The molecule has 1 unspecified atom stereocenters. The summed E-state index contributed by atoms with van der Waals surface area (Å²) in [5, 5.41) is 5.72. The molecule has 2 aliphatic rings. The van der Waals surface area contributed by atoms with Gasteiger partial charge >= 0.3 is 0 Å². The standard InChI is InChI=1S/C4H6N2O/c7-4-3-2(6-4)1-5-3/h2-3,5H,1H2,(H,6,7)/t2-,3?/m0/s1. The summed E-state index contributed by atoms with van der Waals surface area (Å²) in [6.45, 7) is 0.969. The van der Waals surface area contributed by atoms with E-state index in [1.54, 1.807) is 0 Å². The lowest BCUT2D eigenvalue weighted by Crippen LogP contribution is -2.79. The largest absolute Gasteiger partial charge is 0.349 e. The molecule has 38 valence electrons. The van der Waals surface area contributed by atoms with E-state index in [4.69, 9.17) is 0 Å². The Morgan fingerprint density at radius 2 is 2.57 bits per heavy atom. The average Bonchev–Trinajstić information content (AvgIpc) is 1.59. The molecule has 0 aromatic heterocycles. The van der Waals surface area contributed by atoms with Gasteiger partial charge in [0.2, 0.25) is 5.91 Å². The number of hydrogen-bond donors (Lipinski definition) is 2. The highest BCUT2D eigenvalue weighted by molar-refractivity contribution is 5.90. The topological polar surface area (TPSA) is 41.1 Å². The van der Waals surface area contributed by atoms with Gasteiger partial charge in [0.25, 0.3) is 0 Å². The molecule has 0 aliphatic carbocycles. The van der Waals surface area contributed by atoms with Crippen molar-refractivity contribution in [3.05, 3.63) is 0 Å². The van der Waals surface area contributed by atoms with Gasteiger partial charge in [-0.2, -0.15) is 0 Å². The van der Waals surface area contributed by atoms with E-state index in [0.29, 0.717) is 6.04 Å². The quantitative estimate of drug-likeness (QED) is 0.360. The summed E-state index contributed by atoms with van der Waals surface area (Å²) in [6, 6.07) is 0.660. The second kappa shape index (κ2) is 0.816. The third-order valence-electron chi connectivity index (χ3n) is 1.57. The van der Waals surface area contributed by atoms with E-state index in [9.17, 15) is 4.79 Å². The zero-order chi connectivity index (χ0) is 4.85. The minimum atomic E-state index is 0.163. The van der Waals surface area contributed by atoms with Crippen LogP contribution in [0.15, 0.2) is 0 Å². The van der Waals surface area contributed by atoms with E-state index in [1.165, 1.54) is 0 Å². The second-order valence-electron chi connectivity index (χ2n) is 2.00. The number of rotatable bonds is 0. The van der Waals surface area contributed by atoms with Crippen molar-refractivity contribution in [3.8, 4) is 0 Å². The summed E-state index contributed by atoms with van der Waals surface area (Å²) in [7, 11) is 0. The molecular formula is C4H6N2O. The van der Waals surface area contributed by atoms with E-state index >= 15 is 0 Å². The number of carbonyl (C=O) groups excluding carboxylic acids is 1. The van der Waals surface area contributed by atoms with Gasteiger partial charge in [0.15, 0.2) is 0 Å². The fourth-order valence-electron chi connectivity index (χ4n) is 0.940. The lowest BCUT2D eigenvalue weighted by atomic mass is 9.91. The molecule has 0 spiro atoms. The average molecular weight is 98.1 g/mol. The number of nitrogens with one attached hydrogen (secondary N) is 2. The molecule has 2 fully saturated rings. The summed E-state index contributed by atoms with van der Waals surface area (Å²) in [6.07, 6.45) is 0. The highest BCUT2D eigenvalue weighted by Gasteiger charge is 2.45. The normalized spacial score (nSPS) is 45.4. The van der Waals surface area contributed by atoms with Crippen LogP contribution in [0.25, 0.3) is 0 Å². The molecule has 3 heteroatoms. The minimum Gasteiger partial charge on any atom is -0.349 e. The summed E-state index contributed by atoms with van der Waals surface area (Å²) in [5.41, 5.74) is 0. The van der Waals surface area contributed by atoms with Crippen molar-refractivity contribution in [3.63, 3.8) is 0 Å². The highest BCUT2D eigenvalue weighted by atomic mass is 16.2. The predicted molar refractivity (Wildman–Crippen MR) is 23.7 cm³/mol. The van der Waals surface area contributed by atoms with Gasteiger partial charge in [-0.3, -0.25) is 4.79 Å². The van der Waals surface area contributed by atoms with Crippen molar-refractivity contribution in [1.29, 1.82) is 0 Å². The Labute approximate surface area is 41.1 Å². The lowest BCUT2D eigenvalue weighted by molar-refractivity contribution is -0.135. The van der Waals surface area contributed by atoms with Crippen LogP contribution in [0.1, 0.15) is 0 Å². The SMILES string of the molecule is O=C1N[C@H]2CNC12. The first-order valence-electron chi connectivity index (χ1n) is 2.42. The van der Waals surface area contributed by atoms with Gasteiger partial charge in [-0.25, -0.2) is 0 Å². The number of fused-ring (bicyclic) bond motifs is 1. The molecule has 2 saturated heterocycles. The number of amides is 1. The van der Waals surface area contributed by atoms with Crippen molar-refractivity contribution in [1.82, 2.24) is 10.6 Å². The summed E-state index contributed by atoms with van der Waals surface area (Å²) < 4.78 is 0. The molecule has 2 rings (SSSR count). The maximum absolute atomic E-state index is 10.3. The Bertz CT molecular complexity index is 123. The molecule has 0 saturated carbocycles. The van der Waals surface area contributed by atoms with Crippen LogP contribution >= 0.6 is 0 Å². The van der Waals surface area contributed by atoms with Gasteiger partial charge in [-0.05, 0) is 0 Å². The summed E-state index contributed by atoms with van der Waals surface area (Å²) in [4.78, 5) is 10.3. The third kappa shape index (κ3) is 0.237. The fourth-order valence-corrected chi connectivity index (χ4v) is 0.940. The molecule has 0 aromatic rings. The van der Waals surface area contributed by atoms with Crippen LogP contribution in [0.3, 0.4) is 0 Å². The second-order valence-corrected chi connectivity index (χ2v) is 2.00. The maximum atomic E-state index is 10.3. The Hall–Kier alpha value is -0.570. The first-order valence-corrected chi connectivity index (χ1v) is 2.42. The Kier molecular flexibility index (Phi) is 0.400.